The minimum Gasteiger partial charge on any atom is -0.480 e. The van der Waals surface area contributed by atoms with Gasteiger partial charge in [-0.15, -0.1) is 0 Å². The summed E-state index contributed by atoms with van der Waals surface area (Å²) in [6, 6.07) is -0.269. The van der Waals surface area contributed by atoms with Crippen LogP contribution < -0.4 is 10.9 Å². The molecule has 0 unspecified atom stereocenters. The zero-order valence-electron chi connectivity index (χ0n) is 11.7. The van der Waals surface area contributed by atoms with Gasteiger partial charge < -0.3 is 10.4 Å². The summed E-state index contributed by atoms with van der Waals surface area (Å²) in [7, 11) is -3.28. The van der Waals surface area contributed by atoms with E-state index in [1.807, 2.05) is 0 Å². The number of sulfonamides is 1. The second-order valence-corrected chi connectivity index (χ2v) is 7.34. The molecule has 0 spiro atoms. The number of nitrogens with zero attached hydrogens (tertiary/aromatic N) is 3. The Balaban J connectivity index is 2.18. The van der Waals surface area contributed by atoms with Crippen molar-refractivity contribution in [2.45, 2.75) is 19.0 Å². The van der Waals surface area contributed by atoms with Crippen molar-refractivity contribution < 1.29 is 18.3 Å². The van der Waals surface area contributed by atoms with E-state index >= 15 is 0 Å². The van der Waals surface area contributed by atoms with E-state index in [0.29, 0.717) is 13.0 Å². The summed E-state index contributed by atoms with van der Waals surface area (Å²) < 4.78 is 25.1. The van der Waals surface area contributed by atoms with E-state index in [1.54, 1.807) is 0 Å². The number of carboxylic acids is 1. The molecule has 0 saturated carbocycles. The van der Waals surface area contributed by atoms with Gasteiger partial charge in [0.2, 0.25) is 10.0 Å². The summed E-state index contributed by atoms with van der Waals surface area (Å²) in [5, 5.41) is 11.6. The topological polar surface area (TPSA) is 122 Å². The van der Waals surface area contributed by atoms with Crippen LogP contribution in [0.3, 0.4) is 0 Å². The van der Waals surface area contributed by atoms with Crippen molar-refractivity contribution in [1.29, 1.82) is 0 Å². The summed E-state index contributed by atoms with van der Waals surface area (Å²) in [6.45, 7) is 0.00388. The van der Waals surface area contributed by atoms with Gasteiger partial charge in [-0.3, -0.25) is 14.2 Å². The average molecular weight is 351 g/mol. The largest absolute Gasteiger partial charge is 0.480 e. The Kier molecular flexibility index (Phi) is 4.73. The van der Waals surface area contributed by atoms with Gasteiger partial charge in [-0.2, -0.15) is 0 Å². The molecule has 9 nitrogen and oxygen atoms in total. The van der Waals surface area contributed by atoms with Gasteiger partial charge in [0, 0.05) is 19.1 Å². The van der Waals surface area contributed by atoms with Gasteiger partial charge in [-0.05, 0) is 6.42 Å². The summed E-state index contributed by atoms with van der Waals surface area (Å²) in [5.74, 6) is -1.25. The first-order valence-corrected chi connectivity index (χ1v) is 8.60. The first-order valence-electron chi connectivity index (χ1n) is 6.37. The lowest BCUT2D eigenvalue weighted by atomic mass is 10.2. The number of halogens is 1. The first-order chi connectivity index (χ1) is 10.2. The highest BCUT2D eigenvalue weighted by molar-refractivity contribution is 7.88. The number of nitrogens with one attached hydrogen (secondary N) is 1. The van der Waals surface area contributed by atoms with E-state index in [9.17, 15) is 18.0 Å². The number of carboxylic acid groups (broad SMARTS) is 1. The van der Waals surface area contributed by atoms with Crippen LogP contribution >= 0.6 is 11.6 Å². The fourth-order valence-corrected chi connectivity index (χ4v) is 3.26. The van der Waals surface area contributed by atoms with Crippen LogP contribution in [0.15, 0.2) is 11.0 Å². The molecule has 0 bridgehead atoms. The third kappa shape index (κ3) is 3.76. The van der Waals surface area contributed by atoms with Crippen LogP contribution in [0.1, 0.15) is 6.42 Å². The normalized spacial score (nSPS) is 19.3. The lowest BCUT2D eigenvalue weighted by Gasteiger charge is -2.15. The maximum atomic E-state index is 12.1. The molecular weight excluding hydrogens is 336 g/mol. The number of aromatic nitrogens is 2. The number of rotatable bonds is 5. The average Bonchev–Trinajstić information content (AvgIpc) is 2.86. The van der Waals surface area contributed by atoms with E-state index in [0.717, 1.165) is 10.8 Å². The van der Waals surface area contributed by atoms with Gasteiger partial charge in [0.25, 0.3) is 5.56 Å². The molecule has 0 aliphatic carbocycles. The molecule has 2 N–H and O–H groups in total. The van der Waals surface area contributed by atoms with Gasteiger partial charge in [0.15, 0.2) is 5.82 Å². The number of carbonyl (C=O) groups is 1. The number of anilines is 1. The molecule has 0 amide bonds. The Morgan fingerprint density at radius 2 is 2.27 bits per heavy atom. The molecule has 1 aliphatic heterocycles. The monoisotopic (exact) mass is 350 g/mol. The molecule has 1 fully saturated rings. The number of hydrogen-bond acceptors (Lipinski definition) is 6. The van der Waals surface area contributed by atoms with Crippen LogP contribution in [0.25, 0.3) is 0 Å². The minimum atomic E-state index is -3.28. The van der Waals surface area contributed by atoms with Crippen molar-refractivity contribution >= 4 is 33.4 Å². The van der Waals surface area contributed by atoms with Gasteiger partial charge >= 0.3 is 5.97 Å². The van der Waals surface area contributed by atoms with Crippen molar-refractivity contribution in [2.24, 2.45) is 0 Å². The maximum absolute atomic E-state index is 12.1. The van der Waals surface area contributed by atoms with Crippen LogP contribution in [0, 0.1) is 0 Å². The molecule has 2 heterocycles. The molecule has 1 atom stereocenters. The van der Waals surface area contributed by atoms with Crippen molar-refractivity contribution in [1.82, 2.24) is 13.9 Å². The smallest absolute Gasteiger partial charge is 0.323 e. The Bertz CT molecular complexity index is 747. The first kappa shape index (κ1) is 16.7. The van der Waals surface area contributed by atoms with Crippen LogP contribution in [0.2, 0.25) is 5.15 Å². The molecule has 1 aromatic heterocycles. The second-order valence-electron chi connectivity index (χ2n) is 4.97. The number of hydrogen-bond donors (Lipinski definition) is 2. The molecule has 122 valence electrons. The lowest BCUT2D eigenvalue weighted by Crippen LogP contribution is -2.34. The minimum absolute atomic E-state index is 0.0500. The number of aliphatic carboxylic acids is 1. The van der Waals surface area contributed by atoms with Crippen molar-refractivity contribution in [3.8, 4) is 0 Å². The maximum Gasteiger partial charge on any atom is 0.323 e. The van der Waals surface area contributed by atoms with Gasteiger partial charge in [-0.25, -0.2) is 17.7 Å². The van der Waals surface area contributed by atoms with Gasteiger partial charge in [0.1, 0.15) is 11.7 Å². The molecule has 22 heavy (non-hydrogen) atoms. The van der Waals surface area contributed by atoms with Gasteiger partial charge in [0.05, 0.1) is 12.5 Å². The molecule has 11 heteroatoms. The Morgan fingerprint density at radius 1 is 1.59 bits per heavy atom. The Hall–Kier alpha value is -1.65. The molecule has 1 saturated heterocycles. The van der Waals surface area contributed by atoms with E-state index in [1.165, 1.54) is 10.5 Å². The summed E-state index contributed by atoms with van der Waals surface area (Å²) >= 11 is 5.77. The van der Waals surface area contributed by atoms with Crippen molar-refractivity contribution in [2.75, 3.05) is 24.7 Å². The zero-order valence-corrected chi connectivity index (χ0v) is 13.3. The predicted octanol–water partition coefficient (Wildman–Crippen LogP) is -0.573. The highest BCUT2D eigenvalue weighted by atomic mass is 35.5. The summed E-state index contributed by atoms with van der Waals surface area (Å²) in [6.07, 6.45) is 2.82. The molecule has 0 aromatic carbocycles. The summed E-state index contributed by atoms with van der Waals surface area (Å²) in [4.78, 5) is 26.8. The van der Waals surface area contributed by atoms with E-state index in [4.69, 9.17) is 16.7 Å². The van der Waals surface area contributed by atoms with Crippen molar-refractivity contribution in [3.05, 3.63) is 21.7 Å². The fraction of sp³-hybridized carbons (Fsp3) is 0.545. The van der Waals surface area contributed by atoms with Crippen LogP contribution in [0.5, 0.6) is 0 Å². The van der Waals surface area contributed by atoms with Crippen LogP contribution in [-0.2, 0) is 21.4 Å². The molecule has 1 aliphatic rings. The third-order valence-electron chi connectivity index (χ3n) is 3.26. The molecular formula is C11H15ClN4O5S. The zero-order chi connectivity index (χ0) is 16.5. The quantitative estimate of drug-likeness (QED) is 0.729. The van der Waals surface area contributed by atoms with Crippen LogP contribution in [-0.4, -0.2) is 58.7 Å². The molecule has 2 rings (SSSR count). The highest BCUT2D eigenvalue weighted by Crippen LogP contribution is 2.16. The summed E-state index contributed by atoms with van der Waals surface area (Å²) in [5.41, 5.74) is -0.660. The predicted molar refractivity (Wildman–Crippen MR) is 79.6 cm³/mol. The third-order valence-corrected chi connectivity index (χ3v) is 4.83. The Labute approximate surface area is 131 Å². The molecule has 1 aromatic rings. The van der Waals surface area contributed by atoms with E-state index in [-0.39, 0.29) is 23.6 Å². The van der Waals surface area contributed by atoms with E-state index < -0.39 is 28.1 Å². The van der Waals surface area contributed by atoms with Gasteiger partial charge in [-0.1, -0.05) is 11.6 Å². The SMILES string of the molecule is CS(=O)(=O)N1CC[C@H](Nc2ncc(Cl)n(CC(=O)O)c2=O)C1. The Morgan fingerprint density at radius 3 is 2.82 bits per heavy atom. The van der Waals surface area contributed by atoms with Crippen molar-refractivity contribution in [3.63, 3.8) is 0 Å². The lowest BCUT2D eigenvalue weighted by molar-refractivity contribution is -0.137. The fourth-order valence-electron chi connectivity index (χ4n) is 2.19. The van der Waals surface area contributed by atoms with E-state index in [2.05, 4.69) is 10.3 Å². The highest BCUT2D eigenvalue weighted by Gasteiger charge is 2.29. The molecule has 0 radical (unpaired) electrons. The van der Waals surface area contributed by atoms with Crippen LogP contribution in [0.4, 0.5) is 5.82 Å². The standard InChI is InChI=1S/C11H15ClN4O5S/c1-22(20,21)15-3-2-7(5-15)14-10-11(19)16(6-9(17)18)8(12)4-13-10/h4,7H,2-3,5-6H2,1H3,(H,13,14)(H,17,18)/t7-/m0/s1. The second kappa shape index (κ2) is 6.23.